The first-order chi connectivity index (χ1) is 15.1. The second-order valence-electron chi connectivity index (χ2n) is 6.40. The lowest BCUT2D eigenvalue weighted by molar-refractivity contribution is 0.0729. The van der Waals surface area contributed by atoms with Crippen molar-refractivity contribution in [2.24, 2.45) is 0 Å². The molecule has 6 heteroatoms. The number of methoxy groups -OCH3 is 3. The highest BCUT2D eigenvalue weighted by atomic mass is 16.6. The molecule has 0 radical (unpaired) electrons. The molecular weight excluding hydrogens is 394 g/mol. The fourth-order valence-electron chi connectivity index (χ4n) is 2.97. The van der Waals surface area contributed by atoms with Gasteiger partial charge in [0.05, 0.1) is 38.5 Å². The molecule has 0 aromatic heterocycles. The van der Waals surface area contributed by atoms with E-state index >= 15 is 0 Å². The minimum absolute atomic E-state index is 0.267. The van der Waals surface area contributed by atoms with E-state index in [0.29, 0.717) is 39.5 Å². The van der Waals surface area contributed by atoms with Crippen LogP contribution in [-0.4, -0.2) is 27.3 Å². The molecule has 0 aliphatic heterocycles. The molecule has 3 aromatic rings. The molecule has 0 aliphatic rings. The van der Waals surface area contributed by atoms with Gasteiger partial charge in [0.1, 0.15) is 11.5 Å². The van der Waals surface area contributed by atoms with E-state index in [2.05, 4.69) is 6.07 Å². The third-order valence-corrected chi connectivity index (χ3v) is 4.52. The summed E-state index contributed by atoms with van der Waals surface area (Å²) >= 11 is 0. The number of rotatable bonds is 7. The predicted octanol–water partition coefficient (Wildman–Crippen LogP) is 5.00. The summed E-state index contributed by atoms with van der Waals surface area (Å²) in [5.41, 5.74) is 2.18. The summed E-state index contributed by atoms with van der Waals surface area (Å²) in [7, 11) is 4.57. The topological polar surface area (TPSA) is 77.8 Å². The molecule has 3 rings (SSSR count). The number of carbonyl (C=O) groups is 1. The molecule has 0 spiro atoms. The Kier molecular flexibility index (Phi) is 6.92. The minimum Gasteiger partial charge on any atom is -0.497 e. The number of allylic oxidation sites excluding steroid dienone is 1. The van der Waals surface area contributed by atoms with Gasteiger partial charge >= 0.3 is 5.97 Å². The summed E-state index contributed by atoms with van der Waals surface area (Å²) in [6.45, 7) is 0. The van der Waals surface area contributed by atoms with Gasteiger partial charge in [-0.05, 0) is 54.1 Å². The zero-order chi connectivity index (χ0) is 22.2. The van der Waals surface area contributed by atoms with E-state index in [9.17, 15) is 10.1 Å². The van der Waals surface area contributed by atoms with Crippen LogP contribution in [0.1, 0.15) is 21.5 Å². The van der Waals surface area contributed by atoms with Crippen molar-refractivity contribution in [3.8, 4) is 29.1 Å². The number of nitrogens with zero attached hydrogens (tertiary/aromatic N) is 1. The Morgan fingerprint density at radius 3 is 2.32 bits per heavy atom. The number of para-hydroxylation sites is 1. The van der Waals surface area contributed by atoms with Gasteiger partial charge in [0.25, 0.3) is 0 Å². The van der Waals surface area contributed by atoms with Crippen molar-refractivity contribution in [2.45, 2.75) is 0 Å². The Bertz CT molecular complexity index is 1160. The second-order valence-corrected chi connectivity index (χ2v) is 6.40. The highest BCUT2D eigenvalue weighted by molar-refractivity contribution is 5.93. The van der Waals surface area contributed by atoms with E-state index < -0.39 is 5.97 Å². The molecule has 0 N–H and O–H groups in total. The van der Waals surface area contributed by atoms with E-state index in [1.54, 1.807) is 61.7 Å². The van der Waals surface area contributed by atoms with Crippen LogP contribution in [0, 0.1) is 11.3 Å². The highest BCUT2D eigenvalue weighted by Crippen LogP contribution is 2.32. The van der Waals surface area contributed by atoms with Crippen molar-refractivity contribution in [1.29, 1.82) is 5.26 Å². The zero-order valence-corrected chi connectivity index (χ0v) is 17.4. The maximum atomic E-state index is 12.5. The number of ether oxygens (including phenoxy) is 4. The van der Waals surface area contributed by atoms with Crippen LogP contribution in [0.4, 0.5) is 0 Å². The lowest BCUT2D eigenvalue weighted by Crippen LogP contribution is -2.09. The molecule has 156 valence electrons. The van der Waals surface area contributed by atoms with Crippen LogP contribution < -0.4 is 18.9 Å². The van der Waals surface area contributed by atoms with Gasteiger partial charge in [0.2, 0.25) is 0 Å². The SMILES string of the molecule is COc1cccc(C(=O)Oc2ccc(/C=C(/C#N)c3ccccc3OC)cc2OC)c1. The minimum atomic E-state index is -0.535. The molecule has 0 atom stereocenters. The van der Waals surface area contributed by atoms with Gasteiger partial charge in [0.15, 0.2) is 11.5 Å². The first kappa shape index (κ1) is 21.5. The van der Waals surface area contributed by atoms with Crippen LogP contribution in [0.25, 0.3) is 11.6 Å². The van der Waals surface area contributed by atoms with Crippen molar-refractivity contribution in [1.82, 2.24) is 0 Å². The summed E-state index contributed by atoms with van der Waals surface area (Å²) in [5, 5.41) is 9.64. The fraction of sp³-hybridized carbons (Fsp3) is 0.120. The van der Waals surface area contributed by atoms with Crippen LogP contribution in [0.3, 0.4) is 0 Å². The van der Waals surface area contributed by atoms with Crippen molar-refractivity contribution < 1.29 is 23.7 Å². The Hall–Kier alpha value is -4.24. The summed E-state index contributed by atoms with van der Waals surface area (Å²) in [5.74, 6) is 1.26. The Balaban J connectivity index is 1.89. The Labute approximate surface area is 180 Å². The monoisotopic (exact) mass is 415 g/mol. The van der Waals surface area contributed by atoms with E-state index in [1.165, 1.54) is 14.2 Å². The highest BCUT2D eigenvalue weighted by Gasteiger charge is 2.14. The normalized spacial score (nSPS) is 10.7. The Morgan fingerprint density at radius 2 is 1.61 bits per heavy atom. The zero-order valence-electron chi connectivity index (χ0n) is 17.4. The average molecular weight is 415 g/mol. The number of carbonyl (C=O) groups excluding carboxylic acids is 1. The van der Waals surface area contributed by atoms with Crippen LogP contribution in [0.5, 0.6) is 23.0 Å². The van der Waals surface area contributed by atoms with Gasteiger partial charge in [0, 0.05) is 5.56 Å². The van der Waals surface area contributed by atoms with Gasteiger partial charge in [-0.15, -0.1) is 0 Å². The lowest BCUT2D eigenvalue weighted by Gasteiger charge is -2.11. The standard InChI is InChI=1S/C25H21NO5/c1-28-20-8-6-7-18(15-20)25(27)31-23-12-11-17(14-24(23)30-3)13-19(16-26)21-9-4-5-10-22(21)29-2/h4-15H,1-3H3/b19-13-. The number of hydrogen-bond donors (Lipinski definition) is 0. The first-order valence-electron chi connectivity index (χ1n) is 9.39. The predicted molar refractivity (Wildman–Crippen MR) is 117 cm³/mol. The molecule has 0 unspecified atom stereocenters. The molecule has 0 heterocycles. The second kappa shape index (κ2) is 9.99. The van der Waals surface area contributed by atoms with E-state index in [1.807, 2.05) is 18.2 Å². The van der Waals surface area contributed by atoms with Crippen LogP contribution in [0.2, 0.25) is 0 Å². The van der Waals surface area contributed by atoms with Crippen LogP contribution >= 0.6 is 0 Å². The molecule has 0 bridgehead atoms. The molecule has 0 saturated carbocycles. The van der Waals surface area contributed by atoms with Crippen molar-refractivity contribution in [3.63, 3.8) is 0 Å². The average Bonchev–Trinajstić information content (AvgIpc) is 2.83. The molecular formula is C25H21NO5. The molecule has 0 fully saturated rings. The number of nitriles is 1. The number of esters is 1. The van der Waals surface area contributed by atoms with E-state index in [0.717, 1.165) is 0 Å². The van der Waals surface area contributed by atoms with Gasteiger partial charge in [-0.3, -0.25) is 0 Å². The summed E-state index contributed by atoms with van der Waals surface area (Å²) in [6.07, 6.45) is 1.72. The molecule has 0 saturated heterocycles. The van der Waals surface area contributed by atoms with Crippen molar-refractivity contribution in [3.05, 3.63) is 83.4 Å². The quantitative estimate of drug-likeness (QED) is 0.234. The number of hydrogen-bond acceptors (Lipinski definition) is 6. The van der Waals surface area contributed by atoms with E-state index in [-0.39, 0.29) is 5.75 Å². The summed E-state index contributed by atoms with van der Waals surface area (Å²) in [4.78, 5) is 12.5. The number of benzene rings is 3. The van der Waals surface area contributed by atoms with Gasteiger partial charge in [-0.1, -0.05) is 24.3 Å². The third-order valence-electron chi connectivity index (χ3n) is 4.52. The van der Waals surface area contributed by atoms with Gasteiger partial charge < -0.3 is 18.9 Å². The van der Waals surface area contributed by atoms with Crippen molar-refractivity contribution >= 4 is 17.6 Å². The third kappa shape index (κ3) is 5.03. The van der Waals surface area contributed by atoms with Crippen LogP contribution in [0.15, 0.2) is 66.7 Å². The maximum Gasteiger partial charge on any atom is 0.343 e. The van der Waals surface area contributed by atoms with Gasteiger partial charge in [-0.2, -0.15) is 5.26 Å². The van der Waals surface area contributed by atoms with Gasteiger partial charge in [-0.25, -0.2) is 4.79 Å². The maximum absolute atomic E-state index is 12.5. The summed E-state index contributed by atoms with van der Waals surface area (Å²) in [6, 6.07) is 21.2. The Morgan fingerprint density at radius 1 is 0.839 bits per heavy atom. The molecule has 0 amide bonds. The molecule has 3 aromatic carbocycles. The molecule has 6 nitrogen and oxygen atoms in total. The van der Waals surface area contributed by atoms with E-state index in [4.69, 9.17) is 18.9 Å². The molecule has 0 aliphatic carbocycles. The molecule has 31 heavy (non-hydrogen) atoms. The first-order valence-corrected chi connectivity index (χ1v) is 9.39. The summed E-state index contributed by atoms with van der Waals surface area (Å²) < 4.78 is 21.4. The van der Waals surface area contributed by atoms with Crippen molar-refractivity contribution in [2.75, 3.05) is 21.3 Å². The lowest BCUT2D eigenvalue weighted by atomic mass is 10.0. The van der Waals surface area contributed by atoms with Crippen LogP contribution in [-0.2, 0) is 0 Å². The largest absolute Gasteiger partial charge is 0.497 e. The fourth-order valence-corrected chi connectivity index (χ4v) is 2.97. The smallest absolute Gasteiger partial charge is 0.343 e.